The van der Waals surface area contributed by atoms with E-state index in [-0.39, 0.29) is 6.61 Å². The molecule has 0 atom stereocenters. The number of rotatable bonds is 9. The largest absolute Gasteiger partial charge is 0.486 e. The van der Waals surface area contributed by atoms with Crippen LogP contribution < -0.4 is 14.8 Å². The minimum atomic E-state index is 0.199. The first-order chi connectivity index (χ1) is 9.67. The first-order valence-electron chi connectivity index (χ1n) is 6.56. The molecule has 0 aliphatic rings. The molecule has 2 N–H and O–H groups in total. The Morgan fingerprint density at radius 3 is 2.55 bits per heavy atom. The lowest BCUT2D eigenvalue weighted by Crippen LogP contribution is -2.32. The van der Waals surface area contributed by atoms with Crippen LogP contribution in [-0.2, 0) is 0 Å². The summed E-state index contributed by atoms with van der Waals surface area (Å²) >= 11 is 0. The van der Waals surface area contributed by atoms with Crippen LogP contribution in [0.25, 0.3) is 0 Å². The Bertz CT molecular complexity index is 444. The number of hydrogen-bond acceptors (Lipinski definition) is 5. The number of para-hydroxylation sites is 2. The van der Waals surface area contributed by atoms with E-state index < -0.39 is 0 Å². The van der Waals surface area contributed by atoms with Crippen molar-refractivity contribution >= 4 is 5.71 Å². The van der Waals surface area contributed by atoms with E-state index in [2.05, 4.69) is 17.1 Å². The zero-order chi connectivity index (χ0) is 14.8. The van der Waals surface area contributed by atoms with Crippen LogP contribution in [0.1, 0.15) is 13.8 Å². The van der Waals surface area contributed by atoms with Gasteiger partial charge in [-0.1, -0.05) is 43.8 Å². The first kappa shape index (κ1) is 16.0. The third-order valence-corrected chi connectivity index (χ3v) is 2.46. The lowest BCUT2D eigenvalue weighted by atomic mass is 10.3. The van der Waals surface area contributed by atoms with Gasteiger partial charge in [0.05, 0.1) is 0 Å². The monoisotopic (exact) mass is 278 g/mol. The van der Waals surface area contributed by atoms with E-state index in [9.17, 15) is 0 Å². The van der Waals surface area contributed by atoms with Crippen LogP contribution in [0.15, 0.2) is 42.1 Å². The van der Waals surface area contributed by atoms with Crippen LogP contribution in [0.5, 0.6) is 11.5 Å². The molecule has 0 heterocycles. The highest BCUT2D eigenvalue weighted by molar-refractivity contribution is 5.87. The standard InChI is InChI=1S/C15H22N2O3/c1-4-9-19-14-7-5-6-8-15(14)20-11-13(17-18)10-16-12(2)3/h4-8,12,16,18H,1,9-11H2,2-3H3/b17-13-. The van der Waals surface area contributed by atoms with Crippen LogP contribution in [0.4, 0.5) is 0 Å². The minimum Gasteiger partial charge on any atom is -0.486 e. The maximum Gasteiger partial charge on any atom is 0.161 e. The van der Waals surface area contributed by atoms with E-state index in [1.54, 1.807) is 6.08 Å². The van der Waals surface area contributed by atoms with Gasteiger partial charge in [-0.05, 0) is 12.1 Å². The van der Waals surface area contributed by atoms with E-state index >= 15 is 0 Å². The molecule has 5 nitrogen and oxygen atoms in total. The molecule has 5 heteroatoms. The molecule has 20 heavy (non-hydrogen) atoms. The predicted octanol–water partition coefficient (Wildman–Crippen LogP) is 2.46. The quantitative estimate of drug-likeness (QED) is 0.315. The number of nitrogens with zero attached hydrogens (tertiary/aromatic N) is 1. The molecule has 0 saturated carbocycles. The van der Waals surface area contributed by atoms with E-state index in [0.29, 0.717) is 36.4 Å². The smallest absolute Gasteiger partial charge is 0.161 e. The number of hydrogen-bond donors (Lipinski definition) is 2. The molecule has 0 aliphatic heterocycles. The van der Waals surface area contributed by atoms with Crippen molar-refractivity contribution in [3.8, 4) is 11.5 Å². The van der Waals surface area contributed by atoms with E-state index in [1.165, 1.54) is 0 Å². The summed E-state index contributed by atoms with van der Waals surface area (Å²) in [6.45, 7) is 8.74. The molecule has 1 aromatic carbocycles. The van der Waals surface area contributed by atoms with Crippen molar-refractivity contribution < 1.29 is 14.7 Å². The SMILES string of the molecule is C=CCOc1ccccc1OC/C(CNC(C)C)=N\O. The lowest BCUT2D eigenvalue weighted by Gasteiger charge is -2.13. The van der Waals surface area contributed by atoms with Gasteiger partial charge in [0.2, 0.25) is 0 Å². The third-order valence-electron chi connectivity index (χ3n) is 2.46. The Morgan fingerprint density at radius 2 is 2.00 bits per heavy atom. The summed E-state index contributed by atoms with van der Waals surface area (Å²) in [5.74, 6) is 1.25. The zero-order valence-electron chi connectivity index (χ0n) is 12.0. The van der Waals surface area contributed by atoms with Crippen molar-refractivity contribution in [2.45, 2.75) is 19.9 Å². The molecule has 110 valence electrons. The molecular formula is C15H22N2O3. The van der Waals surface area contributed by atoms with Gasteiger partial charge in [-0.2, -0.15) is 0 Å². The van der Waals surface area contributed by atoms with Gasteiger partial charge in [0.1, 0.15) is 18.9 Å². The van der Waals surface area contributed by atoms with Crippen LogP contribution in [-0.4, -0.2) is 36.7 Å². The molecule has 0 amide bonds. The van der Waals surface area contributed by atoms with Crippen LogP contribution in [0.3, 0.4) is 0 Å². The van der Waals surface area contributed by atoms with Gasteiger partial charge in [0, 0.05) is 12.6 Å². The minimum absolute atomic E-state index is 0.199. The Labute approximate surface area is 119 Å². The number of ether oxygens (including phenoxy) is 2. The Hall–Kier alpha value is -2.01. The fourth-order valence-electron chi connectivity index (χ4n) is 1.44. The van der Waals surface area contributed by atoms with Crippen molar-refractivity contribution in [2.24, 2.45) is 5.16 Å². The van der Waals surface area contributed by atoms with Crippen molar-refractivity contribution in [2.75, 3.05) is 19.8 Å². The molecule has 0 fully saturated rings. The van der Waals surface area contributed by atoms with Gasteiger partial charge in [-0.25, -0.2) is 0 Å². The summed E-state index contributed by atoms with van der Waals surface area (Å²) in [4.78, 5) is 0. The van der Waals surface area contributed by atoms with Crippen LogP contribution >= 0.6 is 0 Å². The molecule has 1 aromatic rings. The fraction of sp³-hybridized carbons (Fsp3) is 0.400. The van der Waals surface area contributed by atoms with Crippen molar-refractivity contribution in [1.29, 1.82) is 0 Å². The number of benzene rings is 1. The molecule has 0 radical (unpaired) electrons. The van der Waals surface area contributed by atoms with E-state index in [4.69, 9.17) is 14.7 Å². The molecule has 0 aliphatic carbocycles. The Balaban J connectivity index is 2.57. The summed E-state index contributed by atoms with van der Waals surface area (Å²) in [5.41, 5.74) is 0.525. The van der Waals surface area contributed by atoms with Gasteiger partial charge >= 0.3 is 0 Å². The van der Waals surface area contributed by atoms with Gasteiger partial charge < -0.3 is 20.0 Å². The summed E-state index contributed by atoms with van der Waals surface area (Å²) in [7, 11) is 0. The van der Waals surface area contributed by atoms with E-state index in [1.807, 2.05) is 38.1 Å². The third kappa shape index (κ3) is 5.75. The van der Waals surface area contributed by atoms with Gasteiger partial charge in [0.25, 0.3) is 0 Å². The first-order valence-corrected chi connectivity index (χ1v) is 6.56. The van der Waals surface area contributed by atoms with Gasteiger partial charge in [0.15, 0.2) is 11.5 Å². The summed E-state index contributed by atoms with van der Waals surface area (Å²) in [6.07, 6.45) is 1.67. The second-order valence-corrected chi connectivity index (χ2v) is 4.54. The molecule has 0 aromatic heterocycles. The topological polar surface area (TPSA) is 63.1 Å². The van der Waals surface area contributed by atoms with Crippen molar-refractivity contribution in [1.82, 2.24) is 5.32 Å². The molecule has 0 saturated heterocycles. The van der Waals surface area contributed by atoms with Crippen LogP contribution in [0.2, 0.25) is 0 Å². The lowest BCUT2D eigenvalue weighted by molar-refractivity contribution is 0.294. The van der Waals surface area contributed by atoms with E-state index in [0.717, 1.165) is 0 Å². The predicted molar refractivity (Wildman–Crippen MR) is 80.0 cm³/mol. The van der Waals surface area contributed by atoms with Crippen molar-refractivity contribution in [3.63, 3.8) is 0 Å². The Kier molecular flexibility index (Phi) is 7.21. The Morgan fingerprint density at radius 1 is 1.35 bits per heavy atom. The normalized spacial score (nSPS) is 11.4. The fourth-order valence-corrected chi connectivity index (χ4v) is 1.44. The maximum atomic E-state index is 8.95. The van der Waals surface area contributed by atoms with Gasteiger partial charge in [-0.3, -0.25) is 0 Å². The molecule has 1 rings (SSSR count). The maximum absolute atomic E-state index is 8.95. The molecular weight excluding hydrogens is 256 g/mol. The number of oxime groups is 1. The summed E-state index contributed by atoms with van der Waals surface area (Å²) in [6, 6.07) is 7.67. The van der Waals surface area contributed by atoms with Gasteiger partial charge in [-0.15, -0.1) is 0 Å². The van der Waals surface area contributed by atoms with Crippen molar-refractivity contribution in [3.05, 3.63) is 36.9 Å². The molecule has 0 spiro atoms. The number of nitrogens with one attached hydrogen (secondary N) is 1. The highest BCUT2D eigenvalue weighted by atomic mass is 16.5. The molecule has 0 bridgehead atoms. The second-order valence-electron chi connectivity index (χ2n) is 4.54. The summed E-state index contributed by atoms with van der Waals surface area (Å²) in [5, 5.41) is 15.4. The second kappa shape index (κ2) is 8.98. The molecule has 0 unspecified atom stereocenters. The summed E-state index contributed by atoms with van der Waals surface area (Å²) < 4.78 is 11.1. The highest BCUT2D eigenvalue weighted by Gasteiger charge is 2.07. The highest BCUT2D eigenvalue weighted by Crippen LogP contribution is 2.26. The average Bonchev–Trinajstić information content (AvgIpc) is 2.46. The zero-order valence-corrected chi connectivity index (χ0v) is 12.0. The van der Waals surface area contributed by atoms with Crippen LogP contribution in [0, 0.1) is 0 Å². The average molecular weight is 278 g/mol.